The van der Waals surface area contributed by atoms with Crippen LogP contribution in [-0.4, -0.2) is 60.2 Å². The second-order valence-corrected chi connectivity index (χ2v) is 9.96. The van der Waals surface area contributed by atoms with E-state index in [0.29, 0.717) is 37.3 Å². The number of carbonyl (C=O) groups excluding carboxylic acids is 1. The van der Waals surface area contributed by atoms with Crippen LogP contribution in [0.5, 0.6) is 5.75 Å². The number of aliphatic carboxylic acids is 1. The zero-order chi connectivity index (χ0) is 26.0. The number of carboxylic acids is 1. The van der Waals surface area contributed by atoms with Gasteiger partial charge in [-0.3, -0.25) is 14.6 Å². The van der Waals surface area contributed by atoms with Crippen LogP contribution in [0.15, 0.2) is 44.1 Å². The summed E-state index contributed by atoms with van der Waals surface area (Å²) in [6.45, 7) is 4.08. The molecule has 0 aliphatic carbocycles. The molecule has 4 rings (SSSR count). The van der Waals surface area contributed by atoms with Crippen molar-refractivity contribution >= 4 is 39.4 Å². The maximum absolute atomic E-state index is 13.1. The van der Waals surface area contributed by atoms with Crippen molar-refractivity contribution < 1.29 is 32.6 Å². The Kier molecular flexibility index (Phi) is 7.02. The van der Waals surface area contributed by atoms with E-state index in [0.717, 1.165) is 0 Å². The van der Waals surface area contributed by atoms with Crippen LogP contribution in [0.3, 0.4) is 0 Å². The van der Waals surface area contributed by atoms with Crippen LogP contribution in [0.1, 0.15) is 54.1 Å². The molecule has 1 unspecified atom stereocenters. The lowest BCUT2D eigenvalue weighted by Crippen LogP contribution is -2.42. The Bertz CT molecular complexity index is 1350. The lowest BCUT2D eigenvalue weighted by molar-refractivity contribution is -0.143. The molecule has 0 spiro atoms. The van der Waals surface area contributed by atoms with Gasteiger partial charge in [-0.05, 0) is 50.5 Å². The van der Waals surface area contributed by atoms with Crippen LogP contribution in [0.25, 0.3) is 0 Å². The van der Waals surface area contributed by atoms with Gasteiger partial charge in [-0.25, -0.2) is 4.72 Å². The van der Waals surface area contributed by atoms with Crippen molar-refractivity contribution in [3.8, 4) is 5.75 Å². The molecule has 1 fully saturated rings. The van der Waals surface area contributed by atoms with Crippen molar-refractivity contribution in [2.24, 2.45) is 15.3 Å². The first-order valence-corrected chi connectivity index (χ1v) is 12.9. The third-order valence-electron chi connectivity index (χ3n) is 6.00. The molecule has 1 aromatic carbocycles. The number of nitrogens with zero attached hydrogens (tertiary/aromatic N) is 3. The summed E-state index contributed by atoms with van der Waals surface area (Å²) in [5.41, 5.74) is -0.00341. The number of hydrogen-bond acceptors (Lipinski definition) is 8. The molecule has 3 heterocycles. The summed E-state index contributed by atoms with van der Waals surface area (Å²) in [5, 5.41) is 22.9. The number of aliphatic imine (C=N–C) groups is 1. The zero-order valence-electron chi connectivity index (χ0n) is 19.8. The number of para-hydroxylation sites is 1. The first-order chi connectivity index (χ1) is 17.1. The molecular weight excluding hydrogens is 490 g/mol. The molecule has 2 atom stereocenters. The summed E-state index contributed by atoms with van der Waals surface area (Å²) in [6.07, 6.45) is 1.54. The molecule has 0 bridgehead atoms. The van der Waals surface area contributed by atoms with E-state index in [1.165, 1.54) is 23.1 Å². The molecule has 0 saturated carbocycles. The predicted octanol–water partition coefficient (Wildman–Crippen LogP) is 2.44. The number of likely N-dealkylation sites (tertiary alicyclic amines) is 1. The minimum Gasteiger partial charge on any atom is -0.505 e. The number of rotatable bonds is 6. The standard InChI is InChI=1S/C23H27N5O7S/c1-3-16(18-10-9-13(2)35-18)24-20-21(27-36(33,34)26-20)25-17-8-4-7-15(19(17)29)22(30)28-11-5-6-14(12-28)23(31)32/h4,7-10,14,16,29H,3,5-6,11-12H2,1-2H3,(H,24,26)(H,25,27)(H,31,32)/t14?,16-/m1/s1. The molecule has 1 amide bonds. The SMILES string of the molecule is CC[C@@H](N=C1NS(=O)(=O)N=C1Nc1cccc(C(=O)N2CCCC(C(=O)O)C2)c1O)c1ccc(C)o1. The Morgan fingerprint density at radius 1 is 1.33 bits per heavy atom. The Labute approximate surface area is 207 Å². The Balaban J connectivity index is 1.60. The van der Waals surface area contributed by atoms with Crippen LogP contribution in [0, 0.1) is 12.8 Å². The van der Waals surface area contributed by atoms with E-state index in [1.54, 1.807) is 19.1 Å². The van der Waals surface area contributed by atoms with Gasteiger partial charge in [0.15, 0.2) is 17.4 Å². The quantitative estimate of drug-likeness (QED) is 0.423. The molecule has 1 aromatic heterocycles. The number of amidine groups is 2. The van der Waals surface area contributed by atoms with Crippen LogP contribution in [0.4, 0.5) is 5.69 Å². The van der Waals surface area contributed by atoms with Crippen molar-refractivity contribution in [2.75, 3.05) is 18.4 Å². The third-order valence-corrected chi connectivity index (χ3v) is 6.87. The molecule has 2 aromatic rings. The Morgan fingerprint density at radius 2 is 2.11 bits per heavy atom. The number of benzene rings is 1. The zero-order valence-corrected chi connectivity index (χ0v) is 20.6. The molecule has 12 nitrogen and oxygen atoms in total. The highest BCUT2D eigenvalue weighted by atomic mass is 32.2. The Morgan fingerprint density at radius 3 is 2.78 bits per heavy atom. The number of carboxylic acid groups (broad SMARTS) is 1. The van der Waals surface area contributed by atoms with Gasteiger partial charge in [0.25, 0.3) is 5.91 Å². The largest absolute Gasteiger partial charge is 0.505 e. The number of phenols is 1. The summed E-state index contributed by atoms with van der Waals surface area (Å²) in [6, 6.07) is 7.46. The van der Waals surface area contributed by atoms with E-state index < -0.39 is 39.8 Å². The summed E-state index contributed by atoms with van der Waals surface area (Å²) < 4.78 is 35.9. The number of hydrogen-bond donors (Lipinski definition) is 4. The summed E-state index contributed by atoms with van der Waals surface area (Å²) in [4.78, 5) is 30.3. The van der Waals surface area contributed by atoms with Gasteiger partial charge >= 0.3 is 16.2 Å². The summed E-state index contributed by atoms with van der Waals surface area (Å²) in [7, 11) is -4.06. The fraction of sp³-hybridized carbons (Fsp3) is 0.391. The van der Waals surface area contributed by atoms with Crippen LogP contribution in [-0.2, 0) is 15.0 Å². The van der Waals surface area contributed by atoms with Crippen LogP contribution < -0.4 is 10.0 Å². The molecule has 2 aliphatic rings. The van der Waals surface area contributed by atoms with Crippen molar-refractivity contribution in [3.05, 3.63) is 47.4 Å². The smallest absolute Gasteiger partial charge is 0.345 e. The lowest BCUT2D eigenvalue weighted by atomic mass is 9.97. The van der Waals surface area contributed by atoms with Gasteiger partial charge in [-0.2, -0.15) is 8.42 Å². The predicted molar refractivity (Wildman–Crippen MR) is 131 cm³/mol. The van der Waals surface area contributed by atoms with E-state index in [2.05, 4.69) is 19.4 Å². The second-order valence-electron chi connectivity index (χ2n) is 8.62. The number of furan rings is 1. The number of aromatic hydroxyl groups is 1. The maximum Gasteiger partial charge on any atom is 0.345 e. The highest BCUT2D eigenvalue weighted by Crippen LogP contribution is 2.31. The number of carbonyl (C=O) groups is 2. The third kappa shape index (κ3) is 5.35. The molecule has 13 heteroatoms. The number of nitrogens with one attached hydrogen (secondary N) is 2. The minimum atomic E-state index is -4.06. The van der Waals surface area contributed by atoms with Crippen molar-refractivity contribution in [1.29, 1.82) is 0 Å². The fourth-order valence-corrected chi connectivity index (χ4v) is 4.96. The van der Waals surface area contributed by atoms with Gasteiger partial charge in [-0.15, -0.1) is 4.40 Å². The molecule has 4 N–H and O–H groups in total. The van der Waals surface area contributed by atoms with Gasteiger partial charge in [-0.1, -0.05) is 13.0 Å². The summed E-state index contributed by atoms with van der Waals surface area (Å²) >= 11 is 0. The molecule has 1 saturated heterocycles. The van der Waals surface area contributed by atoms with Crippen molar-refractivity contribution in [2.45, 2.75) is 39.2 Å². The van der Waals surface area contributed by atoms with Gasteiger partial charge < -0.3 is 24.8 Å². The normalized spacial score (nSPS) is 21.1. The maximum atomic E-state index is 13.1. The number of aryl methyl sites for hydroxylation is 1. The average Bonchev–Trinajstić information content (AvgIpc) is 3.39. The first-order valence-electron chi connectivity index (χ1n) is 11.5. The van der Waals surface area contributed by atoms with Gasteiger partial charge in [0.05, 0.1) is 17.2 Å². The molecular formula is C23H27N5O7S. The monoisotopic (exact) mass is 517 g/mol. The lowest BCUT2D eigenvalue weighted by Gasteiger charge is -2.31. The van der Waals surface area contributed by atoms with E-state index in [4.69, 9.17) is 4.42 Å². The molecule has 2 aliphatic heterocycles. The number of anilines is 1. The topological polar surface area (TPSA) is 174 Å². The van der Waals surface area contributed by atoms with Gasteiger partial charge in [0.1, 0.15) is 17.6 Å². The van der Waals surface area contributed by atoms with Gasteiger partial charge in [0, 0.05) is 13.1 Å². The highest BCUT2D eigenvalue weighted by molar-refractivity contribution is 7.89. The van der Waals surface area contributed by atoms with Crippen LogP contribution in [0.2, 0.25) is 0 Å². The molecule has 0 radical (unpaired) electrons. The average molecular weight is 518 g/mol. The highest BCUT2D eigenvalue weighted by Gasteiger charge is 2.32. The van der Waals surface area contributed by atoms with Crippen molar-refractivity contribution in [3.63, 3.8) is 0 Å². The van der Waals surface area contributed by atoms with E-state index in [-0.39, 0.29) is 29.5 Å². The van der Waals surface area contributed by atoms with E-state index in [9.17, 15) is 28.2 Å². The van der Waals surface area contributed by atoms with Gasteiger partial charge in [0.2, 0.25) is 0 Å². The number of phenolic OH excluding ortho intramolecular Hbond substituents is 1. The fourth-order valence-electron chi connectivity index (χ4n) is 4.15. The molecule has 192 valence electrons. The second kappa shape index (κ2) is 10.0. The van der Waals surface area contributed by atoms with E-state index >= 15 is 0 Å². The number of amides is 1. The number of piperidine rings is 1. The molecule has 36 heavy (non-hydrogen) atoms. The first kappa shape index (κ1) is 25.2. The van der Waals surface area contributed by atoms with Crippen LogP contribution >= 0.6 is 0 Å². The minimum absolute atomic E-state index is 0.0416. The van der Waals surface area contributed by atoms with Crippen molar-refractivity contribution in [1.82, 2.24) is 9.62 Å². The Hall–Kier alpha value is -3.87. The van der Waals surface area contributed by atoms with E-state index in [1.807, 2.05) is 6.92 Å². The summed E-state index contributed by atoms with van der Waals surface area (Å²) in [5.74, 6) is -1.54.